The Bertz CT molecular complexity index is 288. The first-order chi connectivity index (χ1) is 5.61. The molecule has 5 heteroatoms. The second-order valence-electron chi connectivity index (χ2n) is 2.17. The highest BCUT2D eigenvalue weighted by atomic mass is 79.9. The first kappa shape index (κ1) is 9.48. The van der Waals surface area contributed by atoms with Crippen LogP contribution in [0, 0.1) is 10.1 Å². The van der Waals surface area contributed by atoms with Crippen molar-refractivity contribution in [2.75, 3.05) is 0 Å². The predicted molar refractivity (Wildman–Crippen MR) is 50.1 cm³/mol. The minimum atomic E-state index is -0.852. The predicted octanol–water partition coefficient (Wildman–Crippen LogP) is 3.01. The second kappa shape index (κ2) is 3.87. The summed E-state index contributed by atoms with van der Waals surface area (Å²) in [4.78, 5) is 9.04. The molecule has 0 aliphatic carbocycles. The Labute approximate surface area is 82.6 Å². The minimum Gasteiger partial charge on any atom is -0.263 e. The number of benzene rings is 1. The molecule has 0 fully saturated rings. The van der Waals surface area contributed by atoms with Gasteiger partial charge >= 0.3 is 0 Å². The average molecular weight is 250 g/mol. The molecule has 0 radical (unpaired) electrons. The lowest BCUT2D eigenvalue weighted by Gasteiger charge is -2.00. The smallest absolute Gasteiger partial charge is 0.263 e. The molecule has 1 aromatic rings. The number of nitro groups is 1. The molecule has 0 saturated heterocycles. The van der Waals surface area contributed by atoms with E-state index < -0.39 is 9.87 Å². The molecule has 1 aromatic carbocycles. The van der Waals surface area contributed by atoms with E-state index in [0.29, 0.717) is 10.6 Å². The summed E-state index contributed by atoms with van der Waals surface area (Å²) in [6, 6.07) is 6.47. The van der Waals surface area contributed by atoms with Gasteiger partial charge in [0.2, 0.25) is 0 Å². The van der Waals surface area contributed by atoms with Crippen molar-refractivity contribution < 1.29 is 4.92 Å². The number of hydrogen-bond donors (Lipinski definition) is 0. The van der Waals surface area contributed by atoms with Crippen molar-refractivity contribution in [3.05, 3.63) is 45.0 Å². The van der Waals surface area contributed by atoms with Crippen molar-refractivity contribution in [1.82, 2.24) is 0 Å². The van der Waals surface area contributed by atoms with Gasteiger partial charge in [0.1, 0.15) is 0 Å². The van der Waals surface area contributed by atoms with Crippen LogP contribution < -0.4 is 0 Å². The molecule has 0 saturated carbocycles. The van der Waals surface area contributed by atoms with Crippen LogP contribution in [0.2, 0.25) is 5.02 Å². The summed E-state index contributed by atoms with van der Waals surface area (Å²) in [5.74, 6) is 0. The van der Waals surface area contributed by atoms with Gasteiger partial charge in [0.25, 0.3) is 4.95 Å². The van der Waals surface area contributed by atoms with E-state index in [0.717, 1.165) is 0 Å². The van der Waals surface area contributed by atoms with Gasteiger partial charge in [0, 0.05) is 31.4 Å². The normalized spacial score (nSPS) is 12.5. The zero-order chi connectivity index (χ0) is 9.14. The van der Waals surface area contributed by atoms with E-state index >= 15 is 0 Å². The molecule has 0 aliphatic rings. The molecule has 3 nitrogen and oxygen atoms in total. The Morgan fingerprint density at radius 3 is 2.33 bits per heavy atom. The molecule has 1 unspecified atom stereocenters. The third-order valence-corrected chi connectivity index (χ3v) is 2.45. The number of nitrogens with zero attached hydrogens (tertiary/aromatic N) is 1. The van der Waals surface area contributed by atoms with Crippen LogP contribution in [0.3, 0.4) is 0 Å². The van der Waals surface area contributed by atoms with E-state index in [2.05, 4.69) is 15.9 Å². The van der Waals surface area contributed by atoms with Gasteiger partial charge in [0.05, 0.1) is 0 Å². The van der Waals surface area contributed by atoms with E-state index in [4.69, 9.17) is 11.6 Å². The number of hydrogen-bond acceptors (Lipinski definition) is 2. The van der Waals surface area contributed by atoms with E-state index in [1.165, 1.54) is 0 Å². The quantitative estimate of drug-likeness (QED) is 0.350. The average Bonchev–Trinajstić information content (AvgIpc) is 2.04. The summed E-state index contributed by atoms with van der Waals surface area (Å²) in [6.07, 6.45) is 0. The summed E-state index contributed by atoms with van der Waals surface area (Å²) < 4.78 is 0. The van der Waals surface area contributed by atoms with Crippen LogP contribution in [0.5, 0.6) is 0 Å². The highest BCUT2D eigenvalue weighted by Gasteiger charge is 2.16. The van der Waals surface area contributed by atoms with Crippen LogP contribution in [-0.2, 0) is 0 Å². The molecule has 0 N–H and O–H groups in total. The molecule has 12 heavy (non-hydrogen) atoms. The summed E-state index contributed by atoms with van der Waals surface area (Å²) >= 11 is 8.54. The summed E-state index contributed by atoms with van der Waals surface area (Å²) in [7, 11) is 0. The van der Waals surface area contributed by atoms with Gasteiger partial charge < -0.3 is 0 Å². The summed E-state index contributed by atoms with van der Waals surface area (Å²) in [6.45, 7) is 0. The minimum absolute atomic E-state index is 0.413. The fourth-order valence-electron chi connectivity index (χ4n) is 0.743. The van der Waals surface area contributed by atoms with Gasteiger partial charge in [-0.2, -0.15) is 0 Å². The lowest BCUT2D eigenvalue weighted by atomic mass is 10.2. The highest BCUT2D eigenvalue weighted by molar-refractivity contribution is 9.09. The lowest BCUT2D eigenvalue weighted by molar-refractivity contribution is -0.498. The van der Waals surface area contributed by atoms with Gasteiger partial charge in [-0.3, -0.25) is 10.1 Å². The van der Waals surface area contributed by atoms with Crippen LogP contribution >= 0.6 is 27.5 Å². The monoisotopic (exact) mass is 249 g/mol. The van der Waals surface area contributed by atoms with Crippen LogP contribution in [0.4, 0.5) is 0 Å². The molecule has 0 amide bonds. The number of halogens is 2. The maximum atomic E-state index is 10.3. The van der Waals surface area contributed by atoms with Gasteiger partial charge in [-0.05, 0) is 24.3 Å². The zero-order valence-corrected chi connectivity index (χ0v) is 8.25. The van der Waals surface area contributed by atoms with E-state index in [-0.39, 0.29) is 0 Å². The van der Waals surface area contributed by atoms with Crippen LogP contribution in [0.15, 0.2) is 24.3 Å². The van der Waals surface area contributed by atoms with Crippen molar-refractivity contribution in [2.45, 2.75) is 4.95 Å². The third-order valence-electron chi connectivity index (χ3n) is 1.33. The molecule has 1 atom stereocenters. The Kier molecular flexibility index (Phi) is 3.05. The maximum Gasteiger partial charge on any atom is 0.290 e. The van der Waals surface area contributed by atoms with Gasteiger partial charge in [0.15, 0.2) is 0 Å². The molecule has 0 heterocycles. The van der Waals surface area contributed by atoms with Crippen LogP contribution in [0.25, 0.3) is 0 Å². The number of rotatable bonds is 2. The lowest BCUT2D eigenvalue weighted by Crippen LogP contribution is -2.01. The molecular weight excluding hydrogens is 245 g/mol. The zero-order valence-electron chi connectivity index (χ0n) is 5.91. The van der Waals surface area contributed by atoms with Gasteiger partial charge in [-0.1, -0.05) is 11.6 Å². The van der Waals surface area contributed by atoms with Crippen molar-refractivity contribution in [1.29, 1.82) is 0 Å². The molecular formula is C7H5BrClNO2. The molecule has 0 aromatic heterocycles. The second-order valence-corrected chi connectivity index (χ2v) is 3.48. The van der Waals surface area contributed by atoms with Crippen molar-refractivity contribution >= 4 is 27.5 Å². The largest absolute Gasteiger partial charge is 0.290 e. The van der Waals surface area contributed by atoms with Crippen LogP contribution in [-0.4, -0.2) is 4.92 Å². The maximum absolute atomic E-state index is 10.3. The fraction of sp³-hybridized carbons (Fsp3) is 0.143. The molecule has 64 valence electrons. The first-order valence-electron chi connectivity index (χ1n) is 3.14. The fourth-order valence-corrected chi connectivity index (χ4v) is 1.17. The van der Waals surface area contributed by atoms with Crippen molar-refractivity contribution in [3.63, 3.8) is 0 Å². The van der Waals surface area contributed by atoms with Gasteiger partial charge in [-0.25, -0.2) is 0 Å². The van der Waals surface area contributed by atoms with Gasteiger partial charge in [-0.15, -0.1) is 0 Å². The molecule has 0 bridgehead atoms. The molecule has 0 spiro atoms. The Hall–Kier alpha value is -0.610. The SMILES string of the molecule is O=[N+]([O-])C(Br)c1ccc(Cl)cc1. The van der Waals surface area contributed by atoms with E-state index in [1.807, 2.05) is 0 Å². The van der Waals surface area contributed by atoms with Crippen LogP contribution in [0.1, 0.15) is 10.5 Å². The van der Waals surface area contributed by atoms with Crippen molar-refractivity contribution in [2.24, 2.45) is 0 Å². The Balaban J connectivity index is 2.89. The van der Waals surface area contributed by atoms with Crippen molar-refractivity contribution in [3.8, 4) is 0 Å². The Morgan fingerprint density at radius 2 is 1.92 bits per heavy atom. The highest BCUT2D eigenvalue weighted by Crippen LogP contribution is 2.23. The standard InChI is InChI=1S/C7H5BrClNO2/c8-7(10(11)12)5-1-3-6(9)4-2-5/h1-4,7H. The first-order valence-corrected chi connectivity index (χ1v) is 4.43. The number of alkyl halides is 1. The van der Waals surface area contributed by atoms with E-state index in [1.54, 1.807) is 24.3 Å². The van der Waals surface area contributed by atoms with E-state index in [9.17, 15) is 10.1 Å². The summed E-state index contributed by atoms with van der Waals surface area (Å²) in [5.41, 5.74) is 0.587. The third kappa shape index (κ3) is 2.19. The topological polar surface area (TPSA) is 43.1 Å². The Morgan fingerprint density at radius 1 is 1.42 bits per heavy atom. The molecule has 1 rings (SSSR count). The molecule has 0 aliphatic heterocycles. The summed E-state index contributed by atoms with van der Waals surface area (Å²) in [5, 5.41) is 10.9.